The maximum absolute atomic E-state index is 12.1. The van der Waals surface area contributed by atoms with Crippen molar-refractivity contribution >= 4 is 24.0 Å². The van der Waals surface area contributed by atoms with Gasteiger partial charge in [-0.05, 0) is 72.6 Å². The Labute approximate surface area is 190 Å². The summed E-state index contributed by atoms with van der Waals surface area (Å²) in [6.07, 6.45) is 3.71. The summed E-state index contributed by atoms with van der Waals surface area (Å²) in [5.41, 5.74) is 3.42. The van der Waals surface area contributed by atoms with Crippen molar-refractivity contribution in [2.45, 2.75) is 13.3 Å². The summed E-state index contributed by atoms with van der Waals surface area (Å²) in [5, 5.41) is 6.37. The molecule has 0 radical (unpaired) electrons. The third-order valence-corrected chi connectivity index (χ3v) is 4.21. The highest BCUT2D eigenvalue weighted by molar-refractivity contribution is 5.96. The van der Waals surface area contributed by atoms with Crippen molar-refractivity contribution in [3.63, 3.8) is 0 Å². The molecule has 0 fully saturated rings. The summed E-state index contributed by atoms with van der Waals surface area (Å²) < 4.78 is 15.6. The number of hydrazone groups is 1. The molecule has 2 N–H and O–H groups in total. The number of benzene rings is 2. The van der Waals surface area contributed by atoms with E-state index in [0.29, 0.717) is 29.2 Å². The van der Waals surface area contributed by atoms with Crippen molar-refractivity contribution in [3.8, 4) is 11.5 Å². The van der Waals surface area contributed by atoms with Crippen LogP contribution in [0.25, 0.3) is 0 Å². The molecule has 0 aliphatic carbocycles. The summed E-state index contributed by atoms with van der Waals surface area (Å²) in [6.45, 7) is 2.39. The number of furan rings is 1. The van der Waals surface area contributed by atoms with E-state index in [1.165, 1.54) is 18.5 Å². The molecule has 170 valence electrons. The lowest BCUT2D eigenvalue weighted by Crippen LogP contribution is -2.34. The molecule has 2 aromatic carbocycles. The Morgan fingerprint density at radius 2 is 1.73 bits per heavy atom. The predicted octanol–water partition coefficient (Wildman–Crippen LogP) is 3.17. The highest BCUT2D eigenvalue weighted by Gasteiger charge is 2.11. The SMILES string of the molecule is CCCOc1ccc(C(=O)NCC(=O)N/N=C/c2ccc(OC(=O)c3ccco3)cc2)cc1. The lowest BCUT2D eigenvalue weighted by molar-refractivity contribution is -0.120. The molecule has 1 heterocycles. The van der Waals surface area contributed by atoms with Crippen LogP contribution in [0.15, 0.2) is 76.4 Å². The zero-order valence-corrected chi connectivity index (χ0v) is 17.9. The molecule has 3 aromatic rings. The Morgan fingerprint density at radius 1 is 1.00 bits per heavy atom. The van der Waals surface area contributed by atoms with Crippen molar-refractivity contribution in [2.24, 2.45) is 5.10 Å². The first-order valence-electron chi connectivity index (χ1n) is 10.2. The molecule has 0 aliphatic rings. The normalized spacial score (nSPS) is 10.6. The fraction of sp³-hybridized carbons (Fsp3) is 0.167. The predicted molar refractivity (Wildman–Crippen MR) is 120 cm³/mol. The van der Waals surface area contributed by atoms with Crippen LogP contribution in [0.2, 0.25) is 0 Å². The molecule has 0 saturated heterocycles. The van der Waals surface area contributed by atoms with Gasteiger partial charge in [-0.25, -0.2) is 10.2 Å². The van der Waals surface area contributed by atoms with Crippen LogP contribution in [0.1, 0.15) is 39.8 Å². The number of nitrogens with one attached hydrogen (secondary N) is 2. The third-order valence-electron chi connectivity index (χ3n) is 4.21. The van der Waals surface area contributed by atoms with E-state index < -0.39 is 11.9 Å². The molecule has 9 heteroatoms. The smallest absolute Gasteiger partial charge is 0.379 e. The minimum Gasteiger partial charge on any atom is -0.494 e. The number of esters is 1. The maximum atomic E-state index is 12.1. The summed E-state index contributed by atoms with van der Waals surface area (Å²) in [7, 11) is 0. The van der Waals surface area contributed by atoms with E-state index in [9.17, 15) is 14.4 Å². The van der Waals surface area contributed by atoms with E-state index in [2.05, 4.69) is 15.8 Å². The van der Waals surface area contributed by atoms with E-state index >= 15 is 0 Å². The third kappa shape index (κ3) is 7.35. The molecule has 0 unspecified atom stereocenters. The van der Waals surface area contributed by atoms with E-state index in [1.54, 1.807) is 54.6 Å². The second-order valence-corrected chi connectivity index (χ2v) is 6.78. The molecular weight excluding hydrogens is 426 g/mol. The Balaban J connectivity index is 1.40. The van der Waals surface area contributed by atoms with Gasteiger partial charge in [-0.1, -0.05) is 6.92 Å². The number of rotatable bonds is 10. The number of hydrogen-bond donors (Lipinski definition) is 2. The lowest BCUT2D eigenvalue weighted by Gasteiger charge is -2.07. The Morgan fingerprint density at radius 3 is 2.39 bits per heavy atom. The van der Waals surface area contributed by atoms with Crippen LogP contribution in [-0.4, -0.2) is 37.1 Å². The van der Waals surface area contributed by atoms with Gasteiger partial charge in [0, 0.05) is 5.56 Å². The first kappa shape index (κ1) is 23.3. The molecular formula is C24H23N3O6. The first-order valence-corrected chi connectivity index (χ1v) is 10.2. The van der Waals surface area contributed by atoms with Gasteiger partial charge >= 0.3 is 5.97 Å². The molecule has 33 heavy (non-hydrogen) atoms. The summed E-state index contributed by atoms with van der Waals surface area (Å²) in [5.74, 6) is -0.332. The van der Waals surface area contributed by atoms with Crippen LogP contribution < -0.4 is 20.2 Å². The van der Waals surface area contributed by atoms with Gasteiger partial charge in [0.05, 0.1) is 25.6 Å². The number of hydrogen-bond acceptors (Lipinski definition) is 7. The number of carbonyl (C=O) groups is 3. The topological polar surface area (TPSA) is 119 Å². The van der Waals surface area contributed by atoms with Gasteiger partial charge in [0.15, 0.2) is 0 Å². The van der Waals surface area contributed by atoms with Crippen molar-refractivity contribution in [3.05, 3.63) is 83.8 Å². The van der Waals surface area contributed by atoms with Crippen LogP contribution in [0, 0.1) is 0 Å². The second kappa shape index (κ2) is 11.8. The van der Waals surface area contributed by atoms with Gasteiger partial charge in [0.2, 0.25) is 5.76 Å². The van der Waals surface area contributed by atoms with Gasteiger partial charge < -0.3 is 19.2 Å². The standard InChI is InChI=1S/C24H23N3O6/c1-2-13-31-19-11-7-18(8-12-19)23(29)25-16-22(28)27-26-15-17-5-9-20(10-6-17)33-24(30)21-4-3-14-32-21/h3-12,14-15H,2,13,16H2,1H3,(H,25,29)(H,27,28)/b26-15+. The van der Waals surface area contributed by atoms with Crippen LogP contribution in [0.4, 0.5) is 0 Å². The lowest BCUT2D eigenvalue weighted by atomic mass is 10.2. The fourth-order valence-corrected chi connectivity index (χ4v) is 2.58. The minimum absolute atomic E-state index is 0.105. The van der Waals surface area contributed by atoms with Gasteiger partial charge in [-0.2, -0.15) is 5.10 Å². The molecule has 2 amide bonds. The number of ether oxygens (including phenoxy) is 2. The quantitative estimate of drug-likeness (QED) is 0.212. The largest absolute Gasteiger partial charge is 0.494 e. The monoisotopic (exact) mass is 449 g/mol. The number of amides is 2. The fourth-order valence-electron chi connectivity index (χ4n) is 2.58. The Kier molecular flexibility index (Phi) is 8.35. The van der Waals surface area contributed by atoms with Crippen LogP contribution in [-0.2, 0) is 4.79 Å². The number of nitrogens with zero attached hydrogens (tertiary/aromatic N) is 1. The summed E-state index contributed by atoms with van der Waals surface area (Å²) in [6, 6.07) is 16.3. The highest BCUT2D eigenvalue weighted by Crippen LogP contribution is 2.14. The van der Waals surface area contributed by atoms with E-state index in [0.717, 1.165) is 6.42 Å². The van der Waals surface area contributed by atoms with E-state index in [4.69, 9.17) is 13.9 Å². The molecule has 1 aromatic heterocycles. The van der Waals surface area contributed by atoms with Crippen molar-refractivity contribution in [1.82, 2.24) is 10.7 Å². The summed E-state index contributed by atoms with van der Waals surface area (Å²) in [4.78, 5) is 35.9. The van der Waals surface area contributed by atoms with Gasteiger partial charge in [0.25, 0.3) is 11.8 Å². The van der Waals surface area contributed by atoms with Crippen molar-refractivity contribution in [2.75, 3.05) is 13.2 Å². The Hall–Kier alpha value is -4.40. The molecule has 3 rings (SSSR count). The molecule has 0 bridgehead atoms. The molecule has 0 spiro atoms. The number of carbonyl (C=O) groups excluding carboxylic acids is 3. The van der Waals surface area contributed by atoms with Gasteiger partial charge in [-0.3, -0.25) is 9.59 Å². The van der Waals surface area contributed by atoms with E-state index in [1.807, 2.05) is 6.92 Å². The molecule has 9 nitrogen and oxygen atoms in total. The molecule has 0 aliphatic heterocycles. The molecule has 0 saturated carbocycles. The van der Waals surface area contributed by atoms with Crippen LogP contribution in [0.3, 0.4) is 0 Å². The van der Waals surface area contributed by atoms with E-state index in [-0.39, 0.29) is 18.2 Å². The highest BCUT2D eigenvalue weighted by atomic mass is 16.5. The zero-order valence-electron chi connectivity index (χ0n) is 17.9. The van der Waals surface area contributed by atoms with Gasteiger partial charge in [0.1, 0.15) is 11.5 Å². The van der Waals surface area contributed by atoms with Gasteiger partial charge in [-0.15, -0.1) is 0 Å². The average Bonchev–Trinajstić information content (AvgIpc) is 3.38. The van der Waals surface area contributed by atoms with Crippen molar-refractivity contribution in [1.29, 1.82) is 0 Å². The second-order valence-electron chi connectivity index (χ2n) is 6.78. The zero-order chi connectivity index (χ0) is 23.5. The molecule has 0 atom stereocenters. The first-order chi connectivity index (χ1) is 16.0. The average molecular weight is 449 g/mol. The summed E-state index contributed by atoms with van der Waals surface area (Å²) >= 11 is 0. The van der Waals surface area contributed by atoms with Crippen molar-refractivity contribution < 1.29 is 28.3 Å². The van der Waals surface area contributed by atoms with Crippen LogP contribution in [0.5, 0.6) is 11.5 Å². The minimum atomic E-state index is -0.600. The Bertz CT molecular complexity index is 1090. The maximum Gasteiger partial charge on any atom is 0.379 e. The van der Waals surface area contributed by atoms with Crippen LogP contribution >= 0.6 is 0 Å².